The molecule has 0 aliphatic heterocycles. The summed E-state index contributed by atoms with van der Waals surface area (Å²) in [6.45, 7) is 9.43. The van der Waals surface area contributed by atoms with E-state index in [1.165, 1.54) is 4.57 Å². The van der Waals surface area contributed by atoms with Crippen LogP contribution in [0.2, 0.25) is 0 Å². The molecule has 0 aliphatic rings. The minimum absolute atomic E-state index is 0.140. The van der Waals surface area contributed by atoms with Crippen LogP contribution in [0.4, 0.5) is 0 Å². The monoisotopic (exact) mass is 254 g/mol. The van der Waals surface area contributed by atoms with Gasteiger partial charge in [0, 0.05) is 5.54 Å². The van der Waals surface area contributed by atoms with E-state index >= 15 is 0 Å². The van der Waals surface area contributed by atoms with Crippen molar-refractivity contribution in [3.8, 4) is 5.88 Å². The molecule has 0 aromatic carbocycles. The van der Waals surface area contributed by atoms with Gasteiger partial charge in [0.15, 0.2) is 0 Å². The molecule has 1 rings (SSSR count). The van der Waals surface area contributed by atoms with Crippen molar-refractivity contribution in [2.24, 2.45) is 0 Å². The summed E-state index contributed by atoms with van der Waals surface area (Å²) in [6.07, 6.45) is 1.39. The first-order chi connectivity index (χ1) is 8.28. The van der Waals surface area contributed by atoms with Crippen LogP contribution in [0, 0.1) is 0 Å². The Morgan fingerprint density at radius 3 is 2.17 bits per heavy atom. The minimum atomic E-state index is -0.548. The summed E-state index contributed by atoms with van der Waals surface area (Å²) < 4.78 is 1.31. The topological polar surface area (TPSA) is 75.1 Å². The first kappa shape index (κ1) is 14.5. The standard InChI is InChI=1S/C13H22N2O3/c1-6-13(5,7-2)15-11(17)9(8(3)4)10(16)14-12(15)18/h8,17H,6-7H2,1-5H3,(H,14,16,18). The number of H-pyrrole nitrogens is 1. The number of aromatic amines is 1. The van der Waals surface area contributed by atoms with E-state index in [2.05, 4.69) is 4.98 Å². The Morgan fingerprint density at radius 1 is 1.28 bits per heavy atom. The number of hydrogen-bond donors (Lipinski definition) is 2. The molecule has 102 valence electrons. The van der Waals surface area contributed by atoms with Gasteiger partial charge in [-0.15, -0.1) is 0 Å². The zero-order valence-electron chi connectivity index (χ0n) is 11.7. The lowest BCUT2D eigenvalue weighted by Gasteiger charge is -2.30. The highest BCUT2D eigenvalue weighted by Gasteiger charge is 2.29. The molecule has 0 saturated carbocycles. The summed E-state index contributed by atoms with van der Waals surface area (Å²) in [7, 11) is 0. The van der Waals surface area contributed by atoms with Crippen molar-refractivity contribution < 1.29 is 5.11 Å². The van der Waals surface area contributed by atoms with E-state index in [1.807, 2.05) is 34.6 Å². The third-order valence-corrected chi connectivity index (χ3v) is 3.76. The Bertz CT molecular complexity index is 536. The molecule has 0 saturated heterocycles. The van der Waals surface area contributed by atoms with Crippen molar-refractivity contribution in [1.82, 2.24) is 9.55 Å². The maximum atomic E-state index is 11.9. The highest BCUT2D eigenvalue weighted by Crippen LogP contribution is 2.29. The number of rotatable bonds is 4. The molecule has 0 spiro atoms. The van der Waals surface area contributed by atoms with Crippen molar-refractivity contribution in [1.29, 1.82) is 0 Å². The van der Waals surface area contributed by atoms with Crippen LogP contribution in [0.5, 0.6) is 5.88 Å². The average molecular weight is 254 g/mol. The molecule has 1 heterocycles. The number of aromatic hydroxyl groups is 1. The summed E-state index contributed by atoms with van der Waals surface area (Å²) in [5.41, 5.74) is -1.27. The van der Waals surface area contributed by atoms with Gasteiger partial charge < -0.3 is 5.11 Å². The lowest BCUT2D eigenvalue weighted by atomic mass is 9.94. The fraction of sp³-hybridized carbons (Fsp3) is 0.692. The van der Waals surface area contributed by atoms with Gasteiger partial charge >= 0.3 is 5.69 Å². The van der Waals surface area contributed by atoms with Gasteiger partial charge in [-0.2, -0.15) is 0 Å². The SMILES string of the molecule is CCC(C)(CC)n1c(O)c(C(C)C)c(=O)[nH]c1=O. The summed E-state index contributed by atoms with van der Waals surface area (Å²) in [6, 6.07) is 0. The molecule has 0 unspecified atom stereocenters. The zero-order valence-corrected chi connectivity index (χ0v) is 11.7. The molecule has 0 radical (unpaired) electrons. The second-order valence-corrected chi connectivity index (χ2v) is 5.19. The number of nitrogens with zero attached hydrogens (tertiary/aromatic N) is 1. The lowest BCUT2D eigenvalue weighted by Crippen LogP contribution is -2.42. The Kier molecular flexibility index (Phi) is 4.04. The van der Waals surface area contributed by atoms with Gasteiger partial charge in [0.05, 0.1) is 5.56 Å². The molecule has 18 heavy (non-hydrogen) atoms. The van der Waals surface area contributed by atoms with Crippen LogP contribution in [-0.2, 0) is 5.54 Å². The second-order valence-electron chi connectivity index (χ2n) is 5.19. The molecule has 5 heteroatoms. The molecule has 0 bridgehead atoms. The average Bonchev–Trinajstić information content (AvgIpc) is 2.27. The van der Waals surface area contributed by atoms with Crippen LogP contribution in [0.1, 0.15) is 58.9 Å². The molecule has 1 aromatic rings. The van der Waals surface area contributed by atoms with Crippen molar-refractivity contribution in [2.75, 3.05) is 0 Å². The smallest absolute Gasteiger partial charge is 0.331 e. The second kappa shape index (κ2) is 5.00. The molecular formula is C13H22N2O3. The molecular weight excluding hydrogens is 232 g/mol. The van der Waals surface area contributed by atoms with Crippen LogP contribution in [0.15, 0.2) is 9.59 Å². The van der Waals surface area contributed by atoms with E-state index in [-0.39, 0.29) is 17.4 Å². The summed E-state index contributed by atoms with van der Waals surface area (Å²) >= 11 is 0. The van der Waals surface area contributed by atoms with Crippen molar-refractivity contribution in [3.05, 3.63) is 26.4 Å². The van der Waals surface area contributed by atoms with Gasteiger partial charge in [-0.1, -0.05) is 27.7 Å². The van der Waals surface area contributed by atoms with Gasteiger partial charge in [0.25, 0.3) is 5.56 Å². The summed E-state index contributed by atoms with van der Waals surface area (Å²) in [5.74, 6) is -0.344. The summed E-state index contributed by atoms with van der Waals surface area (Å²) in [4.78, 5) is 26.0. The van der Waals surface area contributed by atoms with E-state index in [1.54, 1.807) is 0 Å². The molecule has 0 atom stereocenters. The number of hydrogen-bond acceptors (Lipinski definition) is 3. The first-order valence-corrected chi connectivity index (χ1v) is 6.37. The van der Waals surface area contributed by atoms with Gasteiger partial charge in [0.1, 0.15) is 0 Å². The largest absolute Gasteiger partial charge is 0.494 e. The van der Waals surface area contributed by atoms with Crippen LogP contribution >= 0.6 is 0 Å². The Balaban J connectivity index is 3.71. The predicted octanol–water partition coefficient (Wildman–Crippen LogP) is 1.90. The van der Waals surface area contributed by atoms with Gasteiger partial charge in [0.2, 0.25) is 5.88 Å². The van der Waals surface area contributed by atoms with E-state index < -0.39 is 16.8 Å². The minimum Gasteiger partial charge on any atom is -0.494 e. The Hall–Kier alpha value is -1.52. The van der Waals surface area contributed by atoms with Crippen LogP contribution in [0.3, 0.4) is 0 Å². The molecule has 0 aliphatic carbocycles. The van der Waals surface area contributed by atoms with Gasteiger partial charge in [-0.25, -0.2) is 4.79 Å². The van der Waals surface area contributed by atoms with Crippen molar-refractivity contribution in [3.63, 3.8) is 0 Å². The van der Waals surface area contributed by atoms with E-state index in [0.29, 0.717) is 12.8 Å². The molecule has 1 aromatic heterocycles. The van der Waals surface area contributed by atoms with E-state index in [9.17, 15) is 14.7 Å². The quantitative estimate of drug-likeness (QED) is 0.861. The Morgan fingerprint density at radius 2 is 1.78 bits per heavy atom. The highest BCUT2D eigenvalue weighted by atomic mass is 16.3. The van der Waals surface area contributed by atoms with E-state index in [0.717, 1.165) is 0 Å². The molecule has 5 nitrogen and oxygen atoms in total. The molecule has 0 fully saturated rings. The highest BCUT2D eigenvalue weighted by molar-refractivity contribution is 5.27. The van der Waals surface area contributed by atoms with Crippen molar-refractivity contribution >= 4 is 0 Å². The first-order valence-electron chi connectivity index (χ1n) is 6.37. The lowest BCUT2D eigenvalue weighted by molar-refractivity contribution is 0.240. The molecule has 0 amide bonds. The van der Waals surface area contributed by atoms with Gasteiger partial charge in [-0.3, -0.25) is 14.3 Å². The third-order valence-electron chi connectivity index (χ3n) is 3.76. The Labute approximate surface area is 106 Å². The summed E-state index contributed by atoms with van der Waals surface area (Å²) in [5, 5.41) is 10.3. The van der Waals surface area contributed by atoms with E-state index in [4.69, 9.17) is 0 Å². The maximum Gasteiger partial charge on any atom is 0.331 e. The fourth-order valence-electron chi connectivity index (χ4n) is 2.13. The van der Waals surface area contributed by atoms with Crippen LogP contribution < -0.4 is 11.2 Å². The molecule has 2 N–H and O–H groups in total. The zero-order chi connectivity index (χ0) is 14.1. The third kappa shape index (κ3) is 2.21. The predicted molar refractivity (Wildman–Crippen MR) is 71.3 cm³/mol. The fourth-order valence-corrected chi connectivity index (χ4v) is 2.13. The van der Waals surface area contributed by atoms with Crippen LogP contribution in [-0.4, -0.2) is 14.7 Å². The maximum absolute atomic E-state index is 11.9. The number of nitrogens with one attached hydrogen (secondary N) is 1. The van der Waals surface area contributed by atoms with Crippen LogP contribution in [0.25, 0.3) is 0 Å². The van der Waals surface area contributed by atoms with Crippen molar-refractivity contribution in [2.45, 2.75) is 58.9 Å². The normalized spacial score (nSPS) is 12.1. The number of aromatic nitrogens is 2. The van der Waals surface area contributed by atoms with Gasteiger partial charge in [-0.05, 0) is 25.7 Å².